The van der Waals surface area contributed by atoms with Crippen LogP contribution in [0.3, 0.4) is 0 Å². The summed E-state index contributed by atoms with van der Waals surface area (Å²) in [4.78, 5) is 25.0. The molecule has 0 unspecified atom stereocenters. The van der Waals surface area contributed by atoms with Gasteiger partial charge in [0.05, 0.1) is 6.54 Å². The van der Waals surface area contributed by atoms with Gasteiger partial charge in [-0.25, -0.2) is 0 Å². The molecule has 0 aromatic heterocycles. The molecule has 1 fully saturated rings. The summed E-state index contributed by atoms with van der Waals surface area (Å²) >= 11 is 0. The number of hydrogen-bond donors (Lipinski definition) is 2. The standard InChI is InChI=1S/C12H14N2O3/c1-2-14-7-10(16)13-11(12(14)17)8-5-3-4-6-9(8)15/h3-6,11,15H,2,7H2,1H3,(H,13,16)/t11-/m1/s1. The summed E-state index contributed by atoms with van der Waals surface area (Å²) in [6, 6.07) is 5.75. The summed E-state index contributed by atoms with van der Waals surface area (Å²) in [6.45, 7) is 2.38. The van der Waals surface area contributed by atoms with Crippen molar-refractivity contribution in [3.63, 3.8) is 0 Å². The Morgan fingerprint density at radius 2 is 2.12 bits per heavy atom. The van der Waals surface area contributed by atoms with E-state index < -0.39 is 6.04 Å². The molecule has 0 bridgehead atoms. The lowest BCUT2D eigenvalue weighted by Gasteiger charge is -2.32. The van der Waals surface area contributed by atoms with Crippen LogP contribution in [0.2, 0.25) is 0 Å². The first kappa shape index (κ1) is 11.4. The molecule has 5 heteroatoms. The third kappa shape index (κ3) is 2.08. The zero-order chi connectivity index (χ0) is 12.4. The number of amides is 2. The first-order valence-corrected chi connectivity index (χ1v) is 5.49. The number of aromatic hydroxyl groups is 1. The summed E-state index contributed by atoms with van der Waals surface area (Å²) in [7, 11) is 0. The summed E-state index contributed by atoms with van der Waals surface area (Å²) < 4.78 is 0. The average molecular weight is 234 g/mol. The third-order valence-electron chi connectivity index (χ3n) is 2.83. The van der Waals surface area contributed by atoms with E-state index in [1.807, 2.05) is 6.92 Å². The maximum Gasteiger partial charge on any atom is 0.250 e. The number of phenols is 1. The lowest BCUT2D eigenvalue weighted by molar-refractivity contribution is -0.144. The van der Waals surface area contributed by atoms with Crippen LogP contribution in [0.25, 0.3) is 0 Å². The smallest absolute Gasteiger partial charge is 0.250 e. The molecule has 1 aromatic carbocycles. The van der Waals surface area contributed by atoms with Crippen molar-refractivity contribution < 1.29 is 14.7 Å². The van der Waals surface area contributed by atoms with E-state index in [0.29, 0.717) is 12.1 Å². The summed E-state index contributed by atoms with van der Waals surface area (Å²) in [5.41, 5.74) is 0.434. The van der Waals surface area contributed by atoms with E-state index in [2.05, 4.69) is 5.32 Å². The Bertz CT molecular complexity index is 459. The van der Waals surface area contributed by atoms with E-state index in [1.165, 1.54) is 11.0 Å². The molecule has 2 N–H and O–H groups in total. The number of nitrogens with one attached hydrogen (secondary N) is 1. The number of carbonyl (C=O) groups is 2. The number of para-hydroxylation sites is 1. The van der Waals surface area contributed by atoms with Crippen molar-refractivity contribution >= 4 is 11.8 Å². The number of phenolic OH excluding ortho intramolecular Hbond substituents is 1. The minimum absolute atomic E-state index is 0.0177. The third-order valence-corrected chi connectivity index (χ3v) is 2.83. The molecule has 0 radical (unpaired) electrons. The Morgan fingerprint density at radius 1 is 1.41 bits per heavy atom. The monoisotopic (exact) mass is 234 g/mol. The van der Waals surface area contributed by atoms with E-state index >= 15 is 0 Å². The van der Waals surface area contributed by atoms with Crippen molar-refractivity contribution in [2.75, 3.05) is 13.1 Å². The van der Waals surface area contributed by atoms with Crippen molar-refractivity contribution in [2.45, 2.75) is 13.0 Å². The Hall–Kier alpha value is -2.04. The van der Waals surface area contributed by atoms with Gasteiger partial charge in [0.15, 0.2) is 0 Å². The molecule has 90 valence electrons. The highest BCUT2D eigenvalue weighted by Gasteiger charge is 2.33. The molecule has 1 aromatic rings. The van der Waals surface area contributed by atoms with Gasteiger partial charge in [-0.2, -0.15) is 0 Å². The van der Waals surface area contributed by atoms with Gasteiger partial charge < -0.3 is 15.3 Å². The van der Waals surface area contributed by atoms with Crippen molar-refractivity contribution in [3.05, 3.63) is 29.8 Å². The maximum absolute atomic E-state index is 12.1. The van der Waals surface area contributed by atoms with Crippen LogP contribution in [0.4, 0.5) is 0 Å². The SMILES string of the molecule is CCN1CC(=O)N[C@H](c2ccccc2O)C1=O. The molecule has 0 aliphatic carbocycles. The van der Waals surface area contributed by atoms with Crippen LogP contribution in [0.5, 0.6) is 5.75 Å². The Balaban J connectivity index is 2.34. The Kier molecular flexibility index (Phi) is 2.99. The van der Waals surface area contributed by atoms with E-state index in [9.17, 15) is 14.7 Å². The van der Waals surface area contributed by atoms with Crippen LogP contribution in [0, 0.1) is 0 Å². The molecular weight excluding hydrogens is 220 g/mol. The molecule has 1 heterocycles. The molecule has 2 amide bonds. The maximum atomic E-state index is 12.1. The van der Waals surface area contributed by atoms with Crippen LogP contribution in [0.15, 0.2) is 24.3 Å². The van der Waals surface area contributed by atoms with Gasteiger partial charge in [-0.05, 0) is 13.0 Å². The van der Waals surface area contributed by atoms with E-state index in [0.717, 1.165) is 0 Å². The minimum atomic E-state index is -0.780. The van der Waals surface area contributed by atoms with Gasteiger partial charge >= 0.3 is 0 Å². The molecule has 1 saturated heterocycles. The zero-order valence-corrected chi connectivity index (χ0v) is 9.51. The van der Waals surface area contributed by atoms with Crippen LogP contribution >= 0.6 is 0 Å². The lowest BCUT2D eigenvalue weighted by atomic mass is 10.0. The zero-order valence-electron chi connectivity index (χ0n) is 9.51. The van der Waals surface area contributed by atoms with Gasteiger partial charge in [0.1, 0.15) is 11.8 Å². The molecule has 1 aliphatic rings. The van der Waals surface area contributed by atoms with E-state index in [-0.39, 0.29) is 24.1 Å². The second-order valence-electron chi connectivity index (χ2n) is 3.91. The van der Waals surface area contributed by atoms with Crippen LogP contribution in [-0.4, -0.2) is 34.9 Å². The lowest BCUT2D eigenvalue weighted by Crippen LogP contribution is -2.53. The van der Waals surface area contributed by atoms with Gasteiger partial charge in [0.25, 0.3) is 0 Å². The summed E-state index contributed by atoms with van der Waals surface area (Å²) in [6.07, 6.45) is 0. The largest absolute Gasteiger partial charge is 0.508 e. The Labute approximate surface area is 99.0 Å². The topological polar surface area (TPSA) is 69.6 Å². The quantitative estimate of drug-likeness (QED) is 0.778. The van der Waals surface area contributed by atoms with Gasteiger partial charge in [-0.1, -0.05) is 18.2 Å². The number of nitrogens with zero attached hydrogens (tertiary/aromatic N) is 1. The van der Waals surface area contributed by atoms with Crippen molar-refractivity contribution in [1.82, 2.24) is 10.2 Å². The summed E-state index contributed by atoms with van der Waals surface area (Å²) in [5.74, 6) is -0.377. The first-order chi connectivity index (χ1) is 8.13. The van der Waals surface area contributed by atoms with Gasteiger partial charge in [-0.15, -0.1) is 0 Å². The number of benzene rings is 1. The van der Waals surface area contributed by atoms with Gasteiger partial charge in [0.2, 0.25) is 11.8 Å². The molecule has 1 atom stereocenters. The van der Waals surface area contributed by atoms with Crippen molar-refractivity contribution in [2.24, 2.45) is 0 Å². The minimum Gasteiger partial charge on any atom is -0.508 e. The van der Waals surface area contributed by atoms with Crippen LogP contribution in [0.1, 0.15) is 18.5 Å². The number of rotatable bonds is 2. The van der Waals surface area contributed by atoms with Crippen LogP contribution in [-0.2, 0) is 9.59 Å². The van der Waals surface area contributed by atoms with Crippen molar-refractivity contribution in [1.29, 1.82) is 0 Å². The summed E-state index contributed by atoms with van der Waals surface area (Å²) in [5, 5.41) is 12.3. The predicted octanol–water partition coefficient (Wildman–Crippen LogP) is 0.412. The Morgan fingerprint density at radius 3 is 2.76 bits per heavy atom. The fourth-order valence-electron chi connectivity index (χ4n) is 1.91. The number of carbonyl (C=O) groups excluding carboxylic acids is 2. The van der Waals surface area contributed by atoms with E-state index in [4.69, 9.17) is 0 Å². The number of hydrogen-bond acceptors (Lipinski definition) is 3. The second-order valence-corrected chi connectivity index (χ2v) is 3.91. The normalized spacial score (nSPS) is 20.3. The van der Waals surface area contributed by atoms with Crippen LogP contribution < -0.4 is 5.32 Å². The average Bonchev–Trinajstić information content (AvgIpc) is 2.32. The molecule has 5 nitrogen and oxygen atoms in total. The van der Waals surface area contributed by atoms with Gasteiger partial charge in [0, 0.05) is 12.1 Å². The number of likely N-dealkylation sites (N-methyl/N-ethyl adjacent to an activating group) is 1. The first-order valence-electron chi connectivity index (χ1n) is 5.49. The molecule has 2 rings (SSSR count). The highest BCUT2D eigenvalue weighted by atomic mass is 16.3. The highest BCUT2D eigenvalue weighted by Crippen LogP contribution is 2.26. The fraction of sp³-hybridized carbons (Fsp3) is 0.333. The molecule has 0 saturated carbocycles. The second kappa shape index (κ2) is 4.45. The van der Waals surface area contributed by atoms with E-state index in [1.54, 1.807) is 18.2 Å². The van der Waals surface area contributed by atoms with Crippen molar-refractivity contribution in [3.8, 4) is 5.75 Å². The predicted molar refractivity (Wildman–Crippen MR) is 61.2 cm³/mol. The molecule has 17 heavy (non-hydrogen) atoms. The fourth-order valence-corrected chi connectivity index (χ4v) is 1.91. The van der Waals surface area contributed by atoms with Gasteiger partial charge in [-0.3, -0.25) is 9.59 Å². The number of piperazine rings is 1. The molecule has 0 spiro atoms. The highest BCUT2D eigenvalue weighted by molar-refractivity contribution is 5.95. The molecular formula is C12H14N2O3. The molecule has 1 aliphatic heterocycles.